The number of nitrogens with two attached hydrogens (primary N) is 2. The maximum Gasteiger partial charge on any atom is 0.316 e. The summed E-state index contributed by atoms with van der Waals surface area (Å²) in [6.45, 7) is 0. The van der Waals surface area contributed by atoms with E-state index in [0.29, 0.717) is 5.69 Å². The molecule has 1 heterocycles. The molecule has 0 aliphatic carbocycles. The molecule has 3 amide bonds. The molecule has 0 aliphatic rings. The Morgan fingerprint density at radius 1 is 0.893 bits per heavy atom. The van der Waals surface area contributed by atoms with E-state index in [0.717, 1.165) is 11.1 Å². The molecular weight excluding hydrogens is 354 g/mol. The zero-order valence-electron chi connectivity index (χ0n) is 14.8. The molecule has 0 spiro atoms. The molecule has 5 N–H and O–H groups in total. The maximum atomic E-state index is 11.6. The summed E-state index contributed by atoms with van der Waals surface area (Å²) in [5.41, 5.74) is 13.5. The Morgan fingerprint density at radius 2 is 1.61 bits per heavy atom. The maximum absolute atomic E-state index is 11.6. The number of nitrogens with one attached hydrogen (secondary N) is 1. The highest BCUT2D eigenvalue weighted by Gasteiger charge is 2.16. The monoisotopic (exact) mass is 371 g/mol. The van der Waals surface area contributed by atoms with Crippen molar-refractivity contribution >= 4 is 28.4 Å². The number of fused-ring (bicyclic) bond motifs is 1. The van der Waals surface area contributed by atoms with Crippen molar-refractivity contribution in [3.8, 4) is 16.8 Å². The van der Waals surface area contributed by atoms with Gasteiger partial charge in [0.15, 0.2) is 5.69 Å². The topological polar surface area (TPSA) is 116 Å². The molecule has 0 atom stereocenters. The van der Waals surface area contributed by atoms with E-state index in [1.54, 1.807) is 0 Å². The number of primary amides is 2. The summed E-state index contributed by atoms with van der Waals surface area (Å²) in [6.07, 6.45) is 1.50. The van der Waals surface area contributed by atoms with Crippen LogP contribution in [0.15, 0.2) is 72.9 Å². The van der Waals surface area contributed by atoms with Crippen molar-refractivity contribution in [3.05, 3.63) is 78.6 Å². The fraction of sp³-hybridized carbons (Fsp3) is 0. The van der Waals surface area contributed by atoms with Crippen LogP contribution < -0.4 is 16.8 Å². The summed E-state index contributed by atoms with van der Waals surface area (Å²) in [6, 6.07) is 21.3. The van der Waals surface area contributed by atoms with Crippen molar-refractivity contribution in [2.75, 3.05) is 5.32 Å². The molecule has 3 aromatic carbocycles. The van der Waals surface area contributed by atoms with Gasteiger partial charge in [0.05, 0.1) is 17.6 Å². The van der Waals surface area contributed by atoms with Gasteiger partial charge in [-0.3, -0.25) is 4.79 Å². The molecule has 7 nitrogen and oxygen atoms in total. The molecule has 0 radical (unpaired) electrons. The van der Waals surface area contributed by atoms with E-state index in [1.165, 1.54) is 21.7 Å². The van der Waals surface area contributed by atoms with Crippen molar-refractivity contribution in [2.45, 2.75) is 0 Å². The number of benzene rings is 3. The second-order valence-electron chi connectivity index (χ2n) is 6.26. The third kappa shape index (κ3) is 3.16. The molecule has 7 heteroatoms. The highest BCUT2D eigenvalue weighted by molar-refractivity contribution is 6.01. The van der Waals surface area contributed by atoms with Crippen LogP contribution >= 0.6 is 0 Å². The third-order valence-corrected chi connectivity index (χ3v) is 4.44. The first-order chi connectivity index (χ1) is 13.5. The van der Waals surface area contributed by atoms with Crippen molar-refractivity contribution < 1.29 is 9.59 Å². The SMILES string of the molecule is NC(=O)Nc1cn(-c2ccc(-c3cccc4ccccc34)cc2)nc1C(N)=O. The fourth-order valence-corrected chi connectivity index (χ4v) is 3.18. The van der Waals surface area contributed by atoms with Gasteiger partial charge in [-0.25, -0.2) is 9.48 Å². The van der Waals surface area contributed by atoms with E-state index in [9.17, 15) is 9.59 Å². The Labute approximate surface area is 160 Å². The molecule has 0 unspecified atom stereocenters. The van der Waals surface area contributed by atoms with Crippen LogP contribution in [-0.4, -0.2) is 21.7 Å². The van der Waals surface area contributed by atoms with Crippen LogP contribution in [0.2, 0.25) is 0 Å². The Bertz CT molecular complexity index is 1190. The number of amides is 3. The van der Waals surface area contributed by atoms with E-state index in [-0.39, 0.29) is 11.4 Å². The number of hydrogen-bond donors (Lipinski definition) is 3. The smallest absolute Gasteiger partial charge is 0.316 e. The minimum absolute atomic E-state index is 0.0584. The number of carbonyl (C=O) groups is 2. The zero-order chi connectivity index (χ0) is 19.7. The summed E-state index contributed by atoms with van der Waals surface area (Å²) >= 11 is 0. The van der Waals surface area contributed by atoms with Crippen LogP contribution in [0.5, 0.6) is 0 Å². The molecule has 0 saturated heterocycles. The van der Waals surface area contributed by atoms with Gasteiger partial charge in [-0.1, -0.05) is 54.6 Å². The largest absolute Gasteiger partial charge is 0.364 e. The number of urea groups is 1. The first-order valence-electron chi connectivity index (χ1n) is 8.57. The Morgan fingerprint density at radius 3 is 2.32 bits per heavy atom. The number of carbonyl (C=O) groups excluding carboxylic acids is 2. The lowest BCUT2D eigenvalue weighted by atomic mass is 9.98. The molecular formula is C21H17N5O2. The quantitative estimate of drug-likeness (QED) is 0.511. The standard InChI is InChI=1S/C21H17N5O2/c22-20(27)19-18(24-21(23)28)12-26(25-19)15-10-8-14(9-11-15)17-7-3-5-13-4-1-2-6-16(13)17/h1-12H,(H2,22,27)(H3,23,24,28). The Kier molecular flexibility index (Phi) is 4.25. The van der Waals surface area contributed by atoms with Crippen molar-refractivity contribution in [2.24, 2.45) is 11.5 Å². The highest BCUT2D eigenvalue weighted by Crippen LogP contribution is 2.29. The molecule has 0 bridgehead atoms. The second-order valence-corrected chi connectivity index (χ2v) is 6.26. The van der Waals surface area contributed by atoms with Crippen LogP contribution in [0.1, 0.15) is 10.5 Å². The number of aromatic nitrogens is 2. The lowest BCUT2D eigenvalue weighted by molar-refractivity contribution is 0.0996. The molecule has 0 saturated carbocycles. The minimum atomic E-state index is -0.798. The van der Waals surface area contributed by atoms with Gasteiger partial charge in [0, 0.05) is 0 Å². The molecule has 1 aromatic heterocycles. The fourth-order valence-electron chi connectivity index (χ4n) is 3.18. The van der Waals surface area contributed by atoms with Gasteiger partial charge in [-0.2, -0.15) is 5.10 Å². The first kappa shape index (κ1) is 17.3. The van der Waals surface area contributed by atoms with Crippen LogP contribution in [-0.2, 0) is 0 Å². The molecule has 0 aliphatic heterocycles. The van der Waals surface area contributed by atoms with E-state index in [2.05, 4.69) is 34.7 Å². The molecule has 0 fully saturated rings. The zero-order valence-corrected chi connectivity index (χ0v) is 14.8. The summed E-state index contributed by atoms with van der Waals surface area (Å²) in [5.74, 6) is -0.755. The van der Waals surface area contributed by atoms with Gasteiger partial charge < -0.3 is 16.8 Å². The van der Waals surface area contributed by atoms with Crippen molar-refractivity contribution in [1.82, 2.24) is 9.78 Å². The van der Waals surface area contributed by atoms with Crippen LogP contribution in [0.4, 0.5) is 10.5 Å². The van der Waals surface area contributed by atoms with E-state index in [4.69, 9.17) is 11.5 Å². The molecule has 4 aromatic rings. The number of hydrogen-bond acceptors (Lipinski definition) is 3. The van der Waals surface area contributed by atoms with Crippen molar-refractivity contribution in [1.29, 1.82) is 0 Å². The Balaban J connectivity index is 1.72. The normalized spacial score (nSPS) is 10.7. The summed E-state index contributed by atoms with van der Waals surface area (Å²) < 4.78 is 1.47. The average Bonchev–Trinajstić information content (AvgIpc) is 3.11. The van der Waals surface area contributed by atoms with Crippen LogP contribution in [0.25, 0.3) is 27.6 Å². The predicted molar refractivity (Wildman–Crippen MR) is 108 cm³/mol. The van der Waals surface area contributed by atoms with Gasteiger partial charge in [0.25, 0.3) is 5.91 Å². The summed E-state index contributed by atoms with van der Waals surface area (Å²) in [4.78, 5) is 22.7. The van der Waals surface area contributed by atoms with Crippen molar-refractivity contribution in [3.63, 3.8) is 0 Å². The van der Waals surface area contributed by atoms with E-state index in [1.807, 2.05) is 42.5 Å². The third-order valence-electron chi connectivity index (χ3n) is 4.44. The Hall–Kier alpha value is -4.13. The second kappa shape index (κ2) is 6.88. The summed E-state index contributed by atoms with van der Waals surface area (Å²) in [7, 11) is 0. The van der Waals surface area contributed by atoms with Gasteiger partial charge in [-0.05, 0) is 34.0 Å². The lowest BCUT2D eigenvalue weighted by Gasteiger charge is -2.08. The number of nitrogens with zero attached hydrogens (tertiary/aromatic N) is 2. The highest BCUT2D eigenvalue weighted by atomic mass is 16.2. The number of anilines is 1. The first-order valence-corrected chi connectivity index (χ1v) is 8.57. The summed E-state index contributed by atoms with van der Waals surface area (Å²) in [5, 5.41) is 8.85. The number of rotatable bonds is 4. The van der Waals surface area contributed by atoms with Crippen LogP contribution in [0, 0.1) is 0 Å². The average molecular weight is 371 g/mol. The van der Waals surface area contributed by atoms with Crippen LogP contribution in [0.3, 0.4) is 0 Å². The van der Waals surface area contributed by atoms with E-state index >= 15 is 0 Å². The minimum Gasteiger partial charge on any atom is -0.364 e. The molecule has 138 valence electrons. The molecule has 28 heavy (non-hydrogen) atoms. The lowest BCUT2D eigenvalue weighted by Crippen LogP contribution is -2.22. The van der Waals surface area contributed by atoms with Gasteiger partial charge in [0.2, 0.25) is 0 Å². The van der Waals surface area contributed by atoms with Gasteiger partial charge >= 0.3 is 6.03 Å². The predicted octanol–water partition coefficient (Wildman–Crippen LogP) is 3.28. The van der Waals surface area contributed by atoms with Gasteiger partial charge in [-0.15, -0.1) is 0 Å². The van der Waals surface area contributed by atoms with E-state index < -0.39 is 11.9 Å². The molecule has 4 rings (SSSR count). The van der Waals surface area contributed by atoms with Gasteiger partial charge in [0.1, 0.15) is 0 Å².